The Morgan fingerprint density at radius 2 is 1.79 bits per heavy atom. The molecule has 0 bridgehead atoms. The number of halogens is 1. The first-order valence-corrected chi connectivity index (χ1v) is 9.16. The molecule has 0 aliphatic rings. The zero-order valence-corrected chi connectivity index (χ0v) is 15.2. The van der Waals surface area contributed by atoms with E-state index in [1.165, 1.54) is 0 Å². The van der Waals surface area contributed by atoms with Crippen molar-refractivity contribution in [1.82, 2.24) is 5.32 Å². The third kappa shape index (κ3) is 4.46. The summed E-state index contributed by atoms with van der Waals surface area (Å²) in [4.78, 5) is 13.4. The summed E-state index contributed by atoms with van der Waals surface area (Å²) in [6.07, 6.45) is 0. The summed E-state index contributed by atoms with van der Waals surface area (Å²) in [5, 5.41) is 5.06. The molecule has 0 saturated carbocycles. The maximum Gasteiger partial charge on any atom is 0.258 e. The molecule has 0 aliphatic heterocycles. The van der Waals surface area contributed by atoms with Gasteiger partial charge >= 0.3 is 0 Å². The van der Waals surface area contributed by atoms with Gasteiger partial charge in [0.2, 0.25) is 0 Å². The van der Waals surface area contributed by atoms with Crippen LogP contribution < -0.4 is 10.1 Å². The molecule has 3 aromatic rings. The highest BCUT2D eigenvalue weighted by atomic mass is 79.9. The summed E-state index contributed by atoms with van der Waals surface area (Å²) in [5.41, 5.74) is 1.05. The molecular weight excluding hydrogens is 386 g/mol. The lowest BCUT2D eigenvalue weighted by atomic mass is 10.1. The Balaban J connectivity index is 1.66. The highest BCUT2D eigenvalue weighted by Crippen LogP contribution is 2.25. The Morgan fingerprint density at radius 3 is 2.46 bits per heavy atom. The first kappa shape index (κ1) is 16.7. The van der Waals surface area contributed by atoms with Gasteiger partial charge in [-0.3, -0.25) is 4.79 Å². The van der Waals surface area contributed by atoms with E-state index >= 15 is 0 Å². The molecular formula is C19H16BrNO2S. The normalized spacial score (nSPS) is 11.7. The molecule has 1 aromatic heterocycles. The molecule has 0 fully saturated rings. The molecule has 24 heavy (non-hydrogen) atoms. The van der Waals surface area contributed by atoms with Gasteiger partial charge in [0, 0.05) is 9.35 Å². The highest BCUT2D eigenvalue weighted by Gasteiger charge is 2.17. The molecule has 0 aliphatic carbocycles. The van der Waals surface area contributed by atoms with E-state index in [2.05, 4.69) is 21.2 Å². The van der Waals surface area contributed by atoms with Gasteiger partial charge in [0.05, 0.1) is 6.04 Å². The van der Waals surface area contributed by atoms with Crippen LogP contribution in [0, 0.1) is 0 Å². The monoisotopic (exact) mass is 401 g/mol. The molecule has 0 unspecified atom stereocenters. The lowest BCUT2D eigenvalue weighted by Crippen LogP contribution is -2.32. The molecule has 1 N–H and O–H groups in total. The van der Waals surface area contributed by atoms with E-state index in [0.717, 1.165) is 14.9 Å². The summed E-state index contributed by atoms with van der Waals surface area (Å²) < 4.78 is 6.52. The second kappa shape index (κ2) is 8.13. The van der Waals surface area contributed by atoms with E-state index in [4.69, 9.17) is 4.74 Å². The van der Waals surface area contributed by atoms with E-state index in [1.807, 2.05) is 72.1 Å². The van der Waals surface area contributed by atoms with Crippen molar-refractivity contribution in [2.24, 2.45) is 0 Å². The smallest absolute Gasteiger partial charge is 0.258 e. The molecule has 0 radical (unpaired) electrons. The Kier molecular flexibility index (Phi) is 5.67. The fourth-order valence-corrected chi connectivity index (χ4v) is 3.37. The molecule has 2 aromatic carbocycles. The molecule has 0 saturated heterocycles. The first-order chi connectivity index (χ1) is 11.7. The van der Waals surface area contributed by atoms with Crippen molar-refractivity contribution in [2.45, 2.75) is 6.04 Å². The number of hydrogen-bond donors (Lipinski definition) is 1. The zero-order valence-electron chi connectivity index (χ0n) is 12.8. The van der Waals surface area contributed by atoms with Crippen LogP contribution in [-0.2, 0) is 4.79 Å². The minimum Gasteiger partial charge on any atom is -0.484 e. The van der Waals surface area contributed by atoms with Crippen LogP contribution in [0.1, 0.15) is 16.5 Å². The lowest BCUT2D eigenvalue weighted by molar-refractivity contribution is -0.123. The second-order valence-electron chi connectivity index (χ2n) is 5.17. The Hall–Kier alpha value is -2.11. The summed E-state index contributed by atoms with van der Waals surface area (Å²) in [6, 6.07) is 21.2. The Bertz CT molecular complexity index is 773. The van der Waals surface area contributed by atoms with Crippen LogP contribution in [0.2, 0.25) is 0 Å². The quantitative estimate of drug-likeness (QED) is 0.644. The van der Waals surface area contributed by atoms with Crippen molar-refractivity contribution in [1.29, 1.82) is 0 Å². The summed E-state index contributed by atoms with van der Waals surface area (Å²) in [5.74, 6) is 0.515. The van der Waals surface area contributed by atoms with E-state index in [0.29, 0.717) is 5.75 Å². The number of carbonyl (C=O) groups excluding carboxylic acids is 1. The largest absolute Gasteiger partial charge is 0.484 e. The van der Waals surface area contributed by atoms with Gasteiger partial charge in [0.1, 0.15) is 5.75 Å². The van der Waals surface area contributed by atoms with E-state index in [9.17, 15) is 4.79 Å². The average molecular weight is 402 g/mol. The molecule has 1 amide bonds. The van der Waals surface area contributed by atoms with E-state index in [1.54, 1.807) is 11.3 Å². The van der Waals surface area contributed by atoms with Crippen molar-refractivity contribution in [3.05, 3.63) is 87.0 Å². The van der Waals surface area contributed by atoms with Crippen molar-refractivity contribution >= 4 is 33.2 Å². The third-order valence-corrected chi connectivity index (χ3v) is 4.92. The number of carbonyl (C=O) groups is 1. The van der Waals surface area contributed by atoms with E-state index in [-0.39, 0.29) is 18.6 Å². The number of rotatable bonds is 6. The predicted molar refractivity (Wildman–Crippen MR) is 100 cm³/mol. The highest BCUT2D eigenvalue weighted by molar-refractivity contribution is 9.10. The number of amides is 1. The van der Waals surface area contributed by atoms with Gasteiger partial charge in [-0.25, -0.2) is 0 Å². The SMILES string of the molecule is O=C(COc1ccc(Br)cc1)N[C@H](c1ccccc1)c1cccs1. The summed E-state index contributed by atoms with van der Waals surface area (Å²) in [7, 11) is 0. The van der Waals surface area contributed by atoms with Crippen LogP contribution >= 0.6 is 27.3 Å². The number of nitrogens with one attached hydrogen (secondary N) is 1. The maximum atomic E-state index is 12.3. The molecule has 5 heteroatoms. The van der Waals surface area contributed by atoms with Gasteiger partial charge in [-0.1, -0.05) is 52.3 Å². The van der Waals surface area contributed by atoms with Gasteiger partial charge in [0.15, 0.2) is 6.61 Å². The fraction of sp³-hybridized carbons (Fsp3) is 0.105. The van der Waals surface area contributed by atoms with Gasteiger partial charge in [-0.15, -0.1) is 11.3 Å². The maximum absolute atomic E-state index is 12.3. The van der Waals surface area contributed by atoms with Crippen LogP contribution in [0.4, 0.5) is 0 Å². The zero-order chi connectivity index (χ0) is 16.8. The summed E-state index contributed by atoms with van der Waals surface area (Å²) in [6.45, 7) is -0.0175. The number of thiophene rings is 1. The van der Waals surface area contributed by atoms with Gasteiger partial charge in [0.25, 0.3) is 5.91 Å². The summed E-state index contributed by atoms with van der Waals surface area (Å²) >= 11 is 5.00. The number of hydrogen-bond acceptors (Lipinski definition) is 3. The Labute approximate surface area is 153 Å². The van der Waals surface area contributed by atoms with Gasteiger partial charge in [-0.05, 0) is 41.3 Å². The van der Waals surface area contributed by atoms with E-state index < -0.39 is 0 Å². The minimum absolute atomic E-state index is 0.0175. The van der Waals surface area contributed by atoms with Crippen LogP contribution in [0.3, 0.4) is 0 Å². The van der Waals surface area contributed by atoms with Crippen LogP contribution in [0.25, 0.3) is 0 Å². The average Bonchev–Trinajstić information content (AvgIpc) is 3.14. The topological polar surface area (TPSA) is 38.3 Å². The molecule has 122 valence electrons. The van der Waals surface area contributed by atoms with Crippen molar-refractivity contribution in [2.75, 3.05) is 6.61 Å². The number of benzene rings is 2. The molecule has 1 heterocycles. The van der Waals surface area contributed by atoms with Gasteiger partial charge in [-0.2, -0.15) is 0 Å². The minimum atomic E-state index is -0.160. The fourth-order valence-electron chi connectivity index (χ4n) is 2.30. The van der Waals surface area contributed by atoms with Crippen LogP contribution in [0.5, 0.6) is 5.75 Å². The predicted octanol–water partition coefficient (Wildman–Crippen LogP) is 4.80. The number of ether oxygens (including phenoxy) is 1. The Morgan fingerprint density at radius 1 is 1.04 bits per heavy atom. The third-order valence-electron chi connectivity index (χ3n) is 3.45. The molecule has 3 nitrogen and oxygen atoms in total. The van der Waals surface area contributed by atoms with Crippen LogP contribution in [-0.4, -0.2) is 12.5 Å². The van der Waals surface area contributed by atoms with Crippen molar-refractivity contribution < 1.29 is 9.53 Å². The lowest BCUT2D eigenvalue weighted by Gasteiger charge is -2.18. The van der Waals surface area contributed by atoms with Gasteiger partial charge < -0.3 is 10.1 Å². The van der Waals surface area contributed by atoms with Crippen molar-refractivity contribution in [3.8, 4) is 5.75 Å². The first-order valence-electron chi connectivity index (χ1n) is 7.48. The molecule has 1 atom stereocenters. The standard InChI is InChI=1S/C19H16BrNO2S/c20-15-8-10-16(11-9-15)23-13-18(22)21-19(17-7-4-12-24-17)14-5-2-1-3-6-14/h1-12,19H,13H2,(H,21,22)/t19-/m1/s1. The molecule has 0 spiro atoms. The second-order valence-corrected chi connectivity index (χ2v) is 7.06. The van der Waals surface area contributed by atoms with Crippen molar-refractivity contribution in [3.63, 3.8) is 0 Å². The van der Waals surface area contributed by atoms with Crippen LogP contribution in [0.15, 0.2) is 76.6 Å². The molecule has 3 rings (SSSR count).